The fraction of sp³-hybridized carbons (Fsp3) is 0.727. The molecule has 1 rings (SSSR count). The summed E-state index contributed by atoms with van der Waals surface area (Å²) >= 11 is 0. The molecule has 0 radical (unpaired) electrons. The summed E-state index contributed by atoms with van der Waals surface area (Å²) < 4.78 is 21.5. The van der Waals surface area contributed by atoms with Crippen molar-refractivity contribution in [3.63, 3.8) is 0 Å². The predicted molar refractivity (Wildman–Crippen MR) is 55.9 cm³/mol. The van der Waals surface area contributed by atoms with Gasteiger partial charge in [0.2, 0.25) is 0 Å². The Kier molecular flexibility index (Phi) is 16.9. The summed E-state index contributed by atoms with van der Waals surface area (Å²) in [6.07, 6.45) is 1.66. The standard InChI is InChI=1S/C11H18O4.BrH.Li/c1-2-3-11-10-14-7-6-12-4-5-13-8-9-15-11;;/h3,11H,1,4-10H2;1H;/q;;+1/p-1. The van der Waals surface area contributed by atoms with Crippen LogP contribution >= 0.6 is 0 Å². The molecule has 0 aromatic heterocycles. The molecular weight excluding hydrogens is 283 g/mol. The zero-order valence-corrected chi connectivity index (χ0v) is 11.9. The molecule has 6 heteroatoms. The van der Waals surface area contributed by atoms with E-state index in [2.05, 4.69) is 12.3 Å². The Morgan fingerprint density at radius 3 is 2.06 bits per heavy atom. The Hall–Kier alpha value is 0.437. The first kappa shape index (κ1) is 19.8. The molecule has 0 N–H and O–H groups in total. The molecule has 0 aromatic rings. The van der Waals surface area contributed by atoms with Gasteiger partial charge in [0.1, 0.15) is 6.10 Å². The number of halogens is 1. The van der Waals surface area contributed by atoms with Crippen molar-refractivity contribution in [3.8, 4) is 0 Å². The summed E-state index contributed by atoms with van der Waals surface area (Å²) in [6.45, 7) is 7.52. The van der Waals surface area contributed by atoms with Crippen LogP contribution in [0.15, 0.2) is 18.4 Å². The molecule has 1 aliphatic heterocycles. The van der Waals surface area contributed by atoms with Gasteiger partial charge in [0, 0.05) is 0 Å². The Bertz CT molecular complexity index is 198. The average molecular weight is 301 g/mol. The first-order valence-electron chi connectivity index (χ1n) is 5.14. The number of rotatable bonds is 1. The molecular formula is C11H18BrLiO4. The molecule has 1 heterocycles. The molecule has 1 saturated heterocycles. The normalized spacial score (nSPS) is 22.7. The van der Waals surface area contributed by atoms with Crippen molar-refractivity contribution in [2.24, 2.45) is 0 Å². The molecule has 1 fully saturated rings. The van der Waals surface area contributed by atoms with Crippen molar-refractivity contribution >= 4 is 0 Å². The van der Waals surface area contributed by atoms with E-state index in [0.29, 0.717) is 46.2 Å². The molecule has 0 saturated carbocycles. The minimum Gasteiger partial charge on any atom is -1.00 e. The zero-order valence-electron chi connectivity index (χ0n) is 10.3. The van der Waals surface area contributed by atoms with Crippen molar-refractivity contribution in [2.45, 2.75) is 6.10 Å². The SMILES string of the molecule is C=C=CC1COCCOCCOCCO1.[Br-].[Li+]. The summed E-state index contributed by atoms with van der Waals surface area (Å²) in [4.78, 5) is 0. The second kappa shape index (κ2) is 14.5. The second-order valence-corrected chi connectivity index (χ2v) is 3.08. The Morgan fingerprint density at radius 1 is 0.941 bits per heavy atom. The third-order valence-corrected chi connectivity index (χ3v) is 1.89. The first-order valence-corrected chi connectivity index (χ1v) is 5.14. The van der Waals surface area contributed by atoms with Crippen LogP contribution in [0.1, 0.15) is 0 Å². The molecule has 0 aliphatic carbocycles. The van der Waals surface area contributed by atoms with Gasteiger partial charge < -0.3 is 35.9 Å². The van der Waals surface area contributed by atoms with Gasteiger partial charge in [0.05, 0.1) is 46.2 Å². The molecule has 17 heavy (non-hydrogen) atoms. The summed E-state index contributed by atoms with van der Waals surface area (Å²) in [5.74, 6) is 0. The second-order valence-electron chi connectivity index (χ2n) is 3.08. The van der Waals surface area contributed by atoms with Crippen LogP contribution < -0.4 is 35.8 Å². The van der Waals surface area contributed by atoms with Gasteiger partial charge in [-0.05, 0) is 6.08 Å². The van der Waals surface area contributed by atoms with Crippen LogP contribution in [0.2, 0.25) is 0 Å². The molecule has 0 spiro atoms. The number of hydrogen-bond donors (Lipinski definition) is 0. The van der Waals surface area contributed by atoms with E-state index in [9.17, 15) is 0 Å². The van der Waals surface area contributed by atoms with E-state index in [1.807, 2.05) is 0 Å². The van der Waals surface area contributed by atoms with Crippen LogP contribution in [0.3, 0.4) is 0 Å². The molecule has 4 nitrogen and oxygen atoms in total. The summed E-state index contributed by atoms with van der Waals surface area (Å²) in [5.41, 5.74) is 2.70. The maximum absolute atomic E-state index is 5.51. The van der Waals surface area contributed by atoms with Crippen LogP contribution in [0.5, 0.6) is 0 Å². The molecule has 1 atom stereocenters. The predicted octanol–water partition coefficient (Wildman–Crippen LogP) is -5.22. The summed E-state index contributed by atoms with van der Waals surface area (Å²) in [5, 5.41) is 0. The van der Waals surface area contributed by atoms with E-state index in [1.54, 1.807) is 6.08 Å². The number of ether oxygens (including phenoxy) is 4. The van der Waals surface area contributed by atoms with Crippen molar-refractivity contribution in [1.82, 2.24) is 0 Å². The van der Waals surface area contributed by atoms with Crippen molar-refractivity contribution in [3.05, 3.63) is 18.4 Å². The van der Waals surface area contributed by atoms with Gasteiger partial charge in [-0.25, -0.2) is 0 Å². The first-order chi connectivity index (χ1) is 7.43. The minimum absolute atomic E-state index is 0. The molecule has 1 aliphatic rings. The van der Waals surface area contributed by atoms with Gasteiger partial charge in [0.25, 0.3) is 0 Å². The zero-order chi connectivity index (χ0) is 10.8. The van der Waals surface area contributed by atoms with Gasteiger partial charge in [-0.15, -0.1) is 5.73 Å². The molecule has 1 unspecified atom stereocenters. The fourth-order valence-electron chi connectivity index (χ4n) is 1.17. The smallest absolute Gasteiger partial charge is 1.00 e. The monoisotopic (exact) mass is 300 g/mol. The Labute approximate surface area is 125 Å². The third kappa shape index (κ3) is 11.3. The topological polar surface area (TPSA) is 36.9 Å². The van der Waals surface area contributed by atoms with Gasteiger partial charge in [-0.2, -0.15) is 0 Å². The van der Waals surface area contributed by atoms with E-state index in [0.717, 1.165) is 0 Å². The quantitative estimate of drug-likeness (QED) is 0.358. The van der Waals surface area contributed by atoms with Crippen LogP contribution in [-0.2, 0) is 18.9 Å². The van der Waals surface area contributed by atoms with E-state index < -0.39 is 0 Å². The van der Waals surface area contributed by atoms with E-state index >= 15 is 0 Å². The maximum atomic E-state index is 5.51. The van der Waals surface area contributed by atoms with Crippen LogP contribution in [0, 0.1) is 0 Å². The minimum atomic E-state index is -0.0921. The molecule has 0 amide bonds. The van der Waals surface area contributed by atoms with Crippen LogP contribution in [-0.4, -0.2) is 52.4 Å². The van der Waals surface area contributed by atoms with Gasteiger partial charge in [0.15, 0.2) is 0 Å². The van der Waals surface area contributed by atoms with Crippen molar-refractivity contribution < 1.29 is 54.8 Å². The van der Waals surface area contributed by atoms with Gasteiger partial charge in [-0.1, -0.05) is 6.58 Å². The van der Waals surface area contributed by atoms with E-state index in [4.69, 9.17) is 18.9 Å². The molecule has 94 valence electrons. The maximum Gasteiger partial charge on any atom is 1.00 e. The largest absolute Gasteiger partial charge is 1.00 e. The molecule has 0 bridgehead atoms. The average Bonchev–Trinajstić information content (AvgIpc) is 2.22. The van der Waals surface area contributed by atoms with E-state index in [-0.39, 0.29) is 41.9 Å². The van der Waals surface area contributed by atoms with E-state index in [1.165, 1.54) is 0 Å². The summed E-state index contributed by atoms with van der Waals surface area (Å²) in [6, 6.07) is 0. The fourth-order valence-corrected chi connectivity index (χ4v) is 1.17. The van der Waals surface area contributed by atoms with Gasteiger partial charge in [-0.3, -0.25) is 0 Å². The summed E-state index contributed by atoms with van der Waals surface area (Å²) in [7, 11) is 0. The Balaban J connectivity index is 0. The van der Waals surface area contributed by atoms with Crippen LogP contribution in [0.25, 0.3) is 0 Å². The van der Waals surface area contributed by atoms with Crippen molar-refractivity contribution in [2.75, 3.05) is 46.2 Å². The molecule has 0 aromatic carbocycles. The Morgan fingerprint density at radius 2 is 1.47 bits per heavy atom. The van der Waals surface area contributed by atoms with Crippen molar-refractivity contribution in [1.29, 1.82) is 0 Å². The van der Waals surface area contributed by atoms with Gasteiger partial charge >= 0.3 is 18.9 Å². The third-order valence-electron chi connectivity index (χ3n) is 1.89. The van der Waals surface area contributed by atoms with Crippen LogP contribution in [0.4, 0.5) is 0 Å². The number of hydrogen-bond acceptors (Lipinski definition) is 4.